The van der Waals surface area contributed by atoms with E-state index in [-0.39, 0.29) is 11.8 Å². The molecule has 5 rings (SSSR count). The van der Waals surface area contributed by atoms with Crippen LogP contribution in [0.3, 0.4) is 0 Å². The molecule has 3 heterocycles. The van der Waals surface area contributed by atoms with Crippen LogP contribution in [-0.4, -0.2) is 26.0 Å². The van der Waals surface area contributed by atoms with Crippen molar-refractivity contribution in [3.05, 3.63) is 71.4 Å². The van der Waals surface area contributed by atoms with Crippen LogP contribution in [0.25, 0.3) is 11.0 Å². The van der Waals surface area contributed by atoms with Gasteiger partial charge in [0.15, 0.2) is 0 Å². The fraction of sp³-hybridized carbons (Fsp3) is 0.158. The van der Waals surface area contributed by atoms with E-state index < -0.39 is 0 Å². The molecule has 7 heteroatoms. The second kappa shape index (κ2) is 5.80. The number of rotatable bonds is 3. The predicted molar refractivity (Wildman–Crippen MR) is 94.7 cm³/mol. The monoisotopic (exact) mass is 345 g/mol. The Labute approximate surface area is 148 Å². The largest absolute Gasteiger partial charge is 0.311 e. The summed E-state index contributed by atoms with van der Waals surface area (Å²) in [6.07, 6.45) is 2.22. The molecule has 0 unspecified atom stereocenters. The Kier molecular flexibility index (Phi) is 3.31. The molecule has 1 aliphatic heterocycles. The third-order valence-corrected chi connectivity index (χ3v) is 4.75. The summed E-state index contributed by atoms with van der Waals surface area (Å²) < 4.78 is 6.61. The maximum atomic E-state index is 12.3. The number of anilines is 1. The lowest BCUT2D eigenvalue weighted by Crippen LogP contribution is -2.25. The summed E-state index contributed by atoms with van der Waals surface area (Å²) in [6.45, 7) is 0.607. The minimum Gasteiger partial charge on any atom is -0.311 e. The van der Waals surface area contributed by atoms with Gasteiger partial charge in [0, 0.05) is 17.9 Å². The number of fused-ring (bicyclic) bond motifs is 2. The molecule has 1 atom stereocenters. The van der Waals surface area contributed by atoms with Crippen molar-refractivity contribution in [1.29, 1.82) is 0 Å². The van der Waals surface area contributed by atoms with Crippen LogP contribution >= 0.6 is 0 Å². The zero-order valence-electron chi connectivity index (χ0n) is 13.8. The lowest BCUT2D eigenvalue weighted by atomic mass is 9.87. The highest BCUT2D eigenvalue weighted by atomic mass is 16.6. The van der Waals surface area contributed by atoms with Crippen LogP contribution in [0.15, 0.2) is 59.4 Å². The van der Waals surface area contributed by atoms with Gasteiger partial charge >= 0.3 is 0 Å². The van der Waals surface area contributed by atoms with Crippen LogP contribution in [0.5, 0.6) is 0 Å². The molecule has 0 saturated heterocycles. The van der Waals surface area contributed by atoms with Gasteiger partial charge in [-0.2, -0.15) is 5.10 Å². The summed E-state index contributed by atoms with van der Waals surface area (Å²) in [5.74, 6) is 0.675. The molecule has 2 aromatic carbocycles. The minimum absolute atomic E-state index is 0.0179. The smallest absolute Gasteiger partial charge is 0.226 e. The third-order valence-electron chi connectivity index (χ3n) is 4.75. The molecule has 4 aromatic rings. The molecular formula is C19H15N5O2. The van der Waals surface area contributed by atoms with Crippen LogP contribution in [0.2, 0.25) is 0 Å². The van der Waals surface area contributed by atoms with Crippen molar-refractivity contribution < 1.29 is 9.42 Å². The van der Waals surface area contributed by atoms with E-state index in [2.05, 4.69) is 20.7 Å². The number of amides is 1. The third kappa shape index (κ3) is 2.45. The van der Waals surface area contributed by atoms with E-state index in [1.165, 1.54) is 0 Å². The molecule has 0 fully saturated rings. The Morgan fingerprint density at radius 1 is 1.12 bits per heavy atom. The first-order chi connectivity index (χ1) is 12.8. The minimum atomic E-state index is -0.0654. The molecule has 26 heavy (non-hydrogen) atoms. The molecule has 0 bridgehead atoms. The van der Waals surface area contributed by atoms with Crippen molar-refractivity contribution in [2.75, 3.05) is 5.32 Å². The van der Waals surface area contributed by atoms with E-state index in [0.29, 0.717) is 24.0 Å². The summed E-state index contributed by atoms with van der Waals surface area (Å²) in [6, 6.07) is 15.8. The fourth-order valence-electron chi connectivity index (χ4n) is 3.46. The van der Waals surface area contributed by atoms with Crippen LogP contribution < -0.4 is 5.32 Å². The molecule has 0 aliphatic carbocycles. The van der Waals surface area contributed by atoms with Crippen molar-refractivity contribution in [3.63, 3.8) is 0 Å². The lowest BCUT2D eigenvalue weighted by molar-refractivity contribution is -0.116. The molecule has 1 aliphatic rings. The first-order valence-corrected chi connectivity index (χ1v) is 8.39. The molecule has 128 valence electrons. The van der Waals surface area contributed by atoms with Crippen LogP contribution in [0, 0.1) is 0 Å². The summed E-state index contributed by atoms with van der Waals surface area (Å²) in [5, 5.41) is 15.2. The average Bonchev–Trinajstić information content (AvgIpc) is 3.28. The molecule has 2 aromatic heterocycles. The highest BCUT2D eigenvalue weighted by Crippen LogP contribution is 2.37. The van der Waals surface area contributed by atoms with Crippen molar-refractivity contribution in [2.45, 2.75) is 18.9 Å². The van der Waals surface area contributed by atoms with Gasteiger partial charge in [0.25, 0.3) is 0 Å². The van der Waals surface area contributed by atoms with E-state index >= 15 is 0 Å². The first-order valence-electron chi connectivity index (χ1n) is 8.39. The summed E-state index contributed by atoms with van der Waals surface area (Å²) in [5.41, 5.74) is 4.53. The standard InChI is InChI=1S/C19H15N5O2/c25-18-9-14(13-6-7-16-17(8-13)23-26-22-16)15-10-20-24(19(15)21-18)11-12-4-2-1-3-5-12/h1-8,10,14H,9,11H2,(H,21,25)/t14-/m1/s1. The number of benzene rings is 2. The van der Waals surface area contributed by atoms with Crippen molar-refractivity contribution in [1.82, 2.24) is 20.1 Å². The van der Waals surface area contributed by atoms with E-state index in [4.69, 9.17) is 4.63 Å². The predicted octanol–water partition coefficient (Wildman–Crippen LogP) is 2.94. The number of hydrogen-bond donors (Lipinski definition) is 1. The van der Waals surface area contributed by atoms with Gasteiger partial charge < -0.3 is 5.32 Å². The summed E-state index contributed by atoms with van der Waals surface area (Å²) in [4.78, 5) is 12.3. The zero-order chi connectivity index (χ0) is 17.5. The van der Waals surface area contributed by atoms with E-state index in [9.17, 15) is 4.79 Å². The van der Waals surface area contributed by atoms with Crippen LogP contribution in [-0.2, 0) is 11.3 Å². The quantitative estimate of drug-likeness (QED) is 0.617. The Morgan fingerprint density at radius 3 is 2.85 bits per heavy atom. The van der Waals surface area contributed by atoms with Crippen LogP contribution in [0.4, 0.5) is 5.82 Å². The van der Waals surface area contributed by atoms with Gasteiger partial charge in [-0.1, -0.05) is 36.4 Å². The maximum Gasteiger partial charge on any atom is 0.226 e. The highest BCUT2D eigenvalue weighted by molar-refractivity contribution is 5.94. The molecule has 0 radical (unpaired) electrons. The Bertz CT molecular complexity index is 1100. The topological polar surface area (TPSA) is 85.8 Å². The lowest BCUT2D eigenvalue weighted by Gasteiger charge is -2.23. The van der Waals surface area contributed by atoms with Gasteiger partial charge in [-0.05, 0) is 33.6 Å². The SMILES string of the molecule is O=C1C[C@H](c2ccc3nonc3c2)c2cnn(Cc3ccccc3)c2N1. The fourth-order valence-corrected chi connectivity index (χ4v) is 3.46. The zero-order valence-corrected chi connectivity index (χ0v) is 13.8. The normalized spacial score (nSPS) is 16.5. The Morgan fingerprint density at radius 2 is 1.96 bits per heavy atom. The number of carbonyl (C=O) groups is 1. The Balaban J connectivity index is 1.55. The molecule has 0 saturated carbocycles. The maximum absolute atomic E-state index is 12.3. The number of aromatic nitrogens is 4. The molecule has 1 amide bonds. The van der Waals surface area contributed by atoms with E-state index in [1.54, 1.807) is 0 Å². The number of nitrogens with one attached hydrogen (secondary N) is 1. The van der Waals surface area contributed by atoms with E-state index in [1.807, 2.05) is 59.4 Å². The number of carbonyl (C=O) groups excluding carboxylic acids is 1. The van der Waals surface area contributed by atoms with Gasteiger partial charge in [-0.3, -0.25) is 4.79 Å². The molecule has 7 nitrogen and oxygen atoms in total. The van der Waals surface area contributed by atoms with Crippen molar-refractivity contribution in [3.8, 4) is 0 Å². The van der Waals surface area contributed by atoms with Crippen molar-refractivity contribution >= 4 is 22.8 Å². The highest BCUT2D eigenvalue weighted by Gasteiger charge is 2.30. The second-order valence-corrected chi connectivity index (χ2v) is 6.41. The summed E-state index contributed by atoms with van der Waals surface area (Å²) >= 11 is 0. The molecular weight excluding hydrogens is 330 g/mol. The van der Waals surface area contributed by atoms with Crippen molar-refractivity contribution in [2.24, 2.45) is 0 Å². The van der Waals surface area contributed by atoms with Crippen LogP contribution in [0.1, 0.15) is 29.0 Å². The van der Waals surface area contributed by atoms with E-state index in [0.717, 1.165) is 22.5 Å². The van der Waals surface area contributed by atoms with Gasteiger partial charge in [0.1, 0.15) is 16.9 Å². The molecule has 1 N–H and O–H groups in total. The second-order valence-electron chi connectivity index (χ2n) is 6.41. The van der Waals surface area contributed by atoms with Gasteiger partial charge in [-0.25, -0.2) is 9.31 Å². The van der Waals surface area contributed by atoms with Gasteiger partial charge in [0.2, 0.25) is 5.91 Å². The molecule has 0 spiro atoms. The Hall–Kier alpha value is -3.48. The average molecular weight is 345 g/mol. The first kappa shape index (κ1) is 14.8. The summed E-state index contributed by atoms with van der Waals surface area (Å²) in [7, 11) is 0. The van der Waals surface area contributed by atoms with Gasteiger partial charge in [0.05, 0.1) is 12.7 Å². The van der Waals surface area contributed by atoms with Gasteiger partial charge in [-0.15, -0.1) is 0 Å². The number of hydrogen-bond acceptors (Lipinski definition) is 5. The number of nitrogens with zero attached hydrogens (tertiary/aromatic N) is 4.